The summed E-state index contributed by atoms with van der Waals surface area (Å²) in [6.07, 6.45) is 0. The smallest absolute Gasteiger partial charge is 0.375 e. The molecule has 0 aliphatic rings. The Morgan fingerprint density at radius 3 is 1.89 bits per heavy atom. The third-order valence-corrected chi connectivity index (χ3v) is 8.16. The molecule has 0 saturated carbocycles. The molecule has 0 aromatic carbocycles. The second kappa shape index (κ2) is 7.92. The van der Waals surface area contributed by atoms with Crippen LogP contribution in [0.4, 0.5) is 9.59 Å². The number of hydrogen-bond donors (Lipinski definition) is 2. The highest BCUT2D eigenvalue weighted by Gasteiger charge is 2.44. The van der Waals surface area contributed by atoms with Gasteiger partial charge in [-0.25, -0.2) is 9.59 Å². The van der Waals surface area contributed by atoms with Gasteiger partial charge < -0.3 is 15.1 Å². The molecular weight excluding hydrogens is 326 g/mol. The molecule has 0 heterocycles. The van der Waals surface area contributed by atoms with E-state index in [1.165, 1.54) is 21.6 Å². The summed E-state index contributed by atoms with van der Waals surface area (Å²) in [6.45, 7) is 5.96. The summed E-state index contributed by atoms with van der Waals surface area (Å²) in [6, 6.07) is 0. The number of carbonyl (C=O) groups is 2. The number of rotatable bonds is 7. The summed E-state index contributed by atoms with van der Waals surface area (Å²) in [7, 11) is 7.97. The second-order valence-electron chi connectivity index (χ2n) is 4.72. The van der Waals surface area contributed by atoms with Crippen molar-refractivity contribution in [1.82, 2.24) is 4.90 Å². The molecule has 0 aliphatic carbocycles. The molecular formula is C10H19NO4S4. The molecule has 0 rings (SSSR count). The highest BCUT2D eigenvalue weighted by Crippen LogP contribution is 2.47. The van der Waals surface area contributed by atoms with E-state index in [4.69, 9.17) is 10.2 Å². The molecule has 1 unspecified atom stereocenters. The van der Waals surface area contributed by atoms with Gasteiger partial charge in [-0.3, -0.25) is 0 Å². The highest BCUT2D eigenvalue weighted by atomic mass is 33.1. The van der Waals surface area contributed by atoms with Gasteiger partial charge in [-0.05, 0) is 34.9 Å². The molecule has 19 heavy (non-hydrogen) atoms. The molecule has 0 bridgehead atoms. The van der Waals surface area contributed by atoms with Gasteiger partial charge >= 0.3 is 10.6 Å². The number of carboxylic acid groups (broad SMARTS) is 2. The lowest BCUT2D eigenvalue weighted by molar-refractivity contribution is 0.162. The first-order chi connectivity index (χ1) is 8.53. The molecule has 0 aliphatic heterocycles. The van der Waals surface area contributed by atoms with E-state index in [-0.39, 0.29) is 10.3 Å². The molecule has 0 radical (unpaired) electrons. The lowest BCUT2D eigenvalue weighted by atomic mass is 9.88. The topological polar surface area (TPSA) is 77.8 Å². The summed E-state index contributed by atoms with van der Waals surface area (Å²) in [5.41, 5.74) is -0.340. The van der Waals surface area contributed by atoms with Crippen LogP contribution in [0.1, 0.15) is 20.8 Å². The van der Waals surface area contributed by atoms with Crippen LogP contribution in [0.2, 0.25) is 0 Å². The number of hydrogen-bond acceptors (Lipinski definition) is 7. The zero-order valence-corrected chi connectivity index (χ0v) is 14.8. The first kappa shape index (κ1) is 19.3. The van der Waals surface area contributed by atoms with Crippen LogP contribution in [0.5, 0.6) is 0 Å². The monoisotopic (exact) mass is 345 g/mol. The van der Waals surface area contributed by atoms with Gasteiger partial charge in [0, 0.05) is 37.6 Å². The van der Waals surface area contributed by atoms with Crippen molar-refractivity contribution in [2.45, 2.75) is 31.1 Å². The quantitative estimate of drug-likeness (QED) is 0.660. The maximum absolute atomic E-state index is 10.7. The average Bonchev–Trinajstić information content (AvgIpc) is 2.25. The molecule has 5 nitrogen and oxygen atoms in total. The Balaban J connectivity index is 4.83. The minimum Gasteiger partial charge on any atom is -0.473 e. The van der Waals surface area contributed by atoms with Crippen LogP contribution in [-0.2, 0) is 0 Å². The molecule has 0 saturated heterocycles. The predicted molar refractivity (Wildman–Crippen MR) is 87.5 cm³/mol. The lowest BCUT2D eigenvalue weighted by Crippen LogP contribution is -2.57. The summed E-state index contributed by atoms with van der Waals surface area (Å²) in [5, 5.41) is 15.6. The fourth-order valence-corrected chi connectivity index (χ4v) is 5.62. The van der Waals surface area contributed by atoms with Gasteiger partial charge in [0.15, 0.2) is 0 Å². The van der Waals surface area contributed by atoms with Crippen molar-refractivity contribution in [2.75, 3.05) is 19.8 Å². The molecule has 2 N–H and O–H groups in total. The first-order valence-corrected chi connectivity index (χ1v) is 9.78. The van der Waals surface area contributed by atoms with Crippen molar-refractivity contribution in [3.63, 3.8) is 0 Å². The summed E-state index contributed by atoms with van der Waals surface area (Å²) in [5.74, 6) is 0.581. The van der Waals surface area contributed by atoms with Crippen LogP contribution < -0.4 is 0 Å². The van der Waals surface area contributed by atoms with Crippen LogP contribution in [-0.4, -0.2) is 55.8 Å². The number of nitrogens with zero attached hydrogens (tertiary/aromatic N) is 1. The van der Waals surface area contributed by atoms with Crippen molar-refractivity contribution in [2.24, 2.45) is 0 Å². The van der Waals surface area contributed by atoms with Crippen molar-refractivity contribution in [3.05, 3.63) is 0 Å². The van der Waals surface area contributed by atoms with Crippen LogP contribution in [0.3, 0.4) is 0 Å². The highest BCUT2D eigenvalue weighted by molar-refractivity contribution is 8.82. The Kier molecular flexibility index (Phi) is 8.04. The van der Waals surface area contributed by atoms with Crippen LogP contribution >= 0.6 is 43.2 Å². The van der Waals surface area contributed by atoms with Gasteiger partial charge in [0.2, 0.25) is 0 Å². The van der Waals surface area contributed by atoms with Crippen molar-refractivity contribution < 1.29 is 19.8 Å². The van der Waals surface area contributed by atoms with Crippen LogP contribution in [0.15, 0.2) is 0 Å². The summed E-state index contributed by atoms with van der Waals surface area (Å²) in [4.78, 5) is 23.3. The van der Waals surface area contributed by atoms with Gasteiger partial charge in [0.05, 0.1) is 0 Å². The fourth-order valence-electron chi connectivity index (χ4n) is 1.27. The SMILES string of the molecule is CN(C)C(C)(CSSC(=O)O)C(C)(C)SSC(=O)O. The Bertz CT molecular complexity index is 337. The van der Waals surface area contributed by atoms with Crippen LogP contribution in [0, 0.1) is 0 Å². The molecule has 0 aromatic rings. The van der Waals surface area contributed by atoms with Crippen LogP contribution in [0.25, 0.3) is 0 Å². The van der Waals surface area contributed by atoms with Gasteiger partial charge in [-0.2, -0.15) is 0 Å². The normalized spacial score (nSPS) is 15.3. The average molecular weight is 346 g/mol. The van der Waals surface area contributed by atoms with Gasteiger partial charge in [0.25, 0.3) is 0 Å². The molecule has 0 fully saturated rings. The zero-order valence-electron chi connectivity index (χ0n) is 11.5. The molecule has 9 heteroatoms. The van der Waals surface area contributed by atoms with Crippen molar-refractivity contribution in [1.29, 1.82) is 0 Å². The lowest BCUT2D eigenvalue weighted by Gasteiger charge is -2.47. The Morgan fingerprint density at radius 1 is 1.05 bits per heavy atom. The van der Waals surface area contributed by atoms with Gasteiger partial charge in [-0.1, -0.05) is 21.6 Å². The van der Waals surface area contributed by atoms with E-state index in [0.717, 1.165) is 21.6 Å². The Morgan fingerprint density at radius 2 is 1.53 bits per heavy atom. The molecule has 0 aromatic heterocycles. The zero-order chi connectivity index (χ0) is 15.3. The molecule has 112 valence electrons. The fraction of sp³-hybridized carbons (Fsp3) is 0.800. The Labute approximate surface area is 129 Å². The summed E-state index contributed by atoms with van der Waals surface area (Å²) >= 11 is 0. The van der Waals surface area contributed by atoms with E-state index < -0.39 is 10.6 Å². The largest absolute Gasteiger partial charge is 0.473 e. The second-order valence-corrected chi connectivity index (χ2v) is 9.67. The molecule has 0 spiro atoms. The van der Waals surface area contributed by atoms with E-state index in [2.05, 4.69) is 0 Å². The Hall–Kier alpha value is 0.300. The summed E-state index contributed by atoms with van der Waals surface area (Å²) < 4.78 is -0.356. The molecule has 0 amide bonds. The van der Waals surface area contributed by atoms with Crippen molar-refractivity contribution >= 4 is 53.8 Å². The first-order valence-electron chi connectivity index (χ1n) is 5.31. The van der Waals surface area contributed by atoms with Crippen molar-refractivity contribution in [3.8, 4) is 0 Å². The standard InChI is InChI=1S/C10H19NO4S4/c1-9(2,19-18-8(14)15)10(3,11(4)5)6-16-17-7(12)13/h6H2,1-5H3,(H,12,13)(H,14,15). The predicted octanol–water partition coefficient (Wildman–Crippen LogP) is 4.20. The maximum atomic E-state index is 10.7. The minimum absolute atomic E-state index is 0.340. The third-order valence-electron chi connectivity index (χ3n) is 3.08. The van der Waals surface area contributed by atoms with E-state index in [0.29, 0.717) is 5.75 Å². The van der Waals surface area contributed by atoms with E-state index in [9.17, 15) is 9.59 Å². The van der Waals surface area contributed by atoms with E-state index in [1.54, 1.807) is 0 Å². The maximum Gasteiger partial charge on any atom is 0.375 e. The molecule has 1 atom stereocenters. The van der Waals surface area contributed by atoms with Gasteiger partial charge in [0.1, 0.15) is 0 Å². The van der Waals surface area contributed by atoms with E-state index >= 15 is 0 Å². The minimum atomic E-state index is -0.924. The van der Waals surface area contributed by atoms with Gasteiger partial charge in [-0.15, -0.1) is 0 Å². The van der Waals surface area contributed by atoms with E-state index in [1.807, 2.05) is 39.8 Å². The third kappa shape index (κ3) is 6.07.